The Morgan fingerprint density at radius 3 is 2.16 bits per heavy atom. The molecule has 0 radical (unpaired) electrons. The molecule has 0 aromatic heterocycles. The van der Waals surface area contributed by atoms with Crippen LogP contribution in [-0.4, -0.2) is 65.7 Å². The third-order valence-corrected chi connectivity index (χ3v) is 2.13. The zero-order chi connectivity index (χ0) is 14.3. The zero-order valence-electron chi connectivity index (χ0n) is 11.6. The molecule has 0 fully saturated rings. The van der Waals surface area contributed by atoms with Gasteiger partial charge in [0.25, 0.3) is 0 Å². The third-order valence-electron chi connectivity index (χ3n) is 2.13. The van der Waals surface area contributed by atoms with Gasteiger partial charge in [0.15, 0.2) is 0 Å². The van der Waals surface area contributed by atoms with Gasteiger partial charge in [-0.05, 0) is 0 Å². The molecule has 0 spiro atoms. The monoisotopic (exact) mass is 277 g/mol. The summed E-state index contributed by atoms with van der Waals surface area (Å²) in [6, 6.07) is 0. The molecule has 7 nitrogen and oxygen atoms in total. The van der Waals surface area contributed by atoms with Gasteiger partial charge in [-0.25, -0.2) is 0 Å². The van der Waals surface area contributed by atoms with Gasteiger partial charge in [-0.1, -0.05) is 0 Å². The van der Waals surface area contributed by atoms with Crippen molar-refractivity contribution in [3.8, 4) is 0 Å². The fourth-order valence-electron chi connectivity index (χ4n) is 1.08. The largest absolute Gasteiger partial charge is 0.463 e. The molecule has 0 aliphatic carbocycles. The van der Waals surface area contributed by atoms with Crippen LogP contribution in [0.1, 0.15) is 12.8 Å². The quantitative estimate of drug-likeness (QED) is 0.391. The van der Waals surface area contributed by atoms with Crippen LogP contribution in [0.25, 0.3) is 0 Å². The van der Waals surface area contributed by atoms with E-state index in [0.29, 0.717) is 32.8 Å². The van der Waals surface area contributed by atoms with Crippen molar-refractivity contribution in [1.29, 1.82) is 0 Å². The fraction of sp³-hybridized carbons (Fsp3) is 0.833. The lowest BCUT2D eigenvalue weighted by molar-refractivity contribution is -0.146. The fourth-order valence-corrected chi connectivity index (χ4v) is 1.08. The van der Waals surface area contributed by atoms with Gasteiger partial charge in [-0.2, -0.15) is 0 Å². The summed E-state index contributed by atoms with van der Waals surface area (Å²) in [5.74, 6) is -0.405. The first-order valence-corrected chi connectivity index (χ1v) is 6.21. The molecule has 1 N–H and O–H groups in total. The van der Waals surface area contributed by atoms with Gasteiger partial charge < -0.3 is 24.3 Å². The smallest absolute Gasteiger partial charge is 0.308 e. The molecule has 0 aliphatic rings. The first kappa shape index (κ1) is 17.8. The van der Waals surface area contributed by atoms with Crippen LogP contribution in [-0.2, 0) is 28.5 Å². The summed E-state index contributed by atoms with van der Waals surface area (Å²) < 4.78 is 20.0. The molecule has 0 bridgehead atoms. The Labute approximate surface area is 113 Å². The van der Waals surface area contributed by atoms with Crippen molar-refractivity contribution < 1.29 is 28.5 Å². The Morgan fingerprint density at radius 2 is 1.53 bits per heavy atom. The second-order valence-corrected chi connectivity index (χ2v) is 3.61. The van der Waals surface area contributed by atoms with E-state index in [1.54, 1.807) is 14.2 Å². The van der Waals surface area contributed by atoms with E-state index in [1.165, 1.54) is 0 Å². The number of esters is 1. The minimum Gasteiger partial charge on any atom is -0.463 e. The van der Waals surface area contributed by atoms with Crippen LogP contribution < -0.4 is 5.32 Å². The molecule has 0 rings (SSSR count). The summed E-state index contributed by atoms with van der Waals surface area (Å²) in [6.45, 7) is 2.08. The Morgan fingerprint density at radius 1 is 0.895 bits per heavy atom. The van der Waals surface area contributed by atoms with E-state index in [2.05, 4.69) is 5.32 Å². The Balaban J connectivity index is 3.22. The maximum Gasteiger partial charge on any atom is 0.308 e. The highest BCUT2D eigenvalue weighted by molar-refractivity contribution is 5.75. The molecule has 19 heavy (non-hydrogen) atoms. The van der Waals surface area contributed by atoms with Crippen molar-refractivity contribution in [2.45, 2.75) is 12.8 Å². The number of amides is 1. The van der Waals surface area contributed by atoms with Gasteiger partial charge in [-0.3, -0.25) is 9.59 Å². The van der Waals surface area contributed by atoms with Gasteiger partial charge in [0.1, 0.15) is 6.61 Å². The highest BCUT2D eigenvalue weighted by Crippen LogP contribution is 1.90. The van der Waals surface area contributed by atoms with Gasteiger partial charge in [-0.15, -0.1) is 0 Å². The molecule has 0 unspecified atom stereocenters. The summed E-state index contributed by atoms with van der Waals surface area (Å²) >= 11 is 0. The summed E-state index contributed by atoms with van der Waals surface area (Å²) in [4.78, 5) is 22.1. The number of ether oxygens (including phenoxy) is 4. The Bertz CT molecular complexity index is 246. The number of hydrogen-bond donors (Lipinski definition) is 1. The minimum atomic E-state index is -0.327. The second kappa shape index (κ2) is 13.3. The van der Waals surface area contributed by atoms with E-state index >= 15 is 0 Å². The molecular formula is C12H23NO6. The first-order chi connectivity index (χ1) is 9.20. The second-order valence-electron chi connectivity index (χ2n) is 3.61. The van der Waals surface area contributed by atoms with Crippen LogP contribution in [0.4, 0.5) is 0 Å². The topological polar surface area (TPSA) is 83.1 Å². The number of methoxy groups -OCH3 is 1. The van der Waals surface area contributed by atoms with Crippen molar-refractivity contribution >= 4 is 11.9 Å². The molecule has 112 valence electrons. The molecule has 7 heteroatoms. The molecule has 0 saturated carbocycles. The van der Waals surface area contributed by atoms with Crippen molar-refractivity contribution in [3.05, 3.63) is 0 Å². The summed E-state index contributed by atoms with van der Waals surface area (Å²) in [6.07, 6.45) is 0.514. The number of hydrogen-bond acceptors (Lipinski definition) is 6. The van der Waals surface area contributed by atoms with E-state index in [9.17, 15) is 9.59 Å². The summed E-state index contributed by atoms with van der Waals surface area (Å²) in [5, 5.41) is 2.48. The SMILES string of the molecule is CNC(=O)CCOCCOC(=O)CCOCCOC. The lowest BCUT2D eigenvalue weighted by atomic mass is 10.4. The van der Waals surface area contributed by atoms with Crippen LogP contribution in [0.5, 0.6) is 0 Å². The zero-order valence-corrected chi connectivity index (χ0v) is 11.6. The average Bonchev–Trinajstić information content (AvgIpc) is 2.42. The summed E-state index contributed by atoms with van der Waals surface area (Å²) in [5.41, 5.74) is 0. The van der Waals surface area contributed by atoms with Gasteiger partial charge >= 0.3 is 5.97 Å². The first-order valence-electron chi connectivity index (χ1n) is 6.21. The number of rotatable bonds is 12. The van der Waals surface area contributed by atoms with E-state index in [-0.39, 0.29) is 31.5 Å². The Kier molecular flexibility index (Phi) is 12.4. The normalized spacial score (nSPS) is 10.2. The van der Waals surface area contributed by atoms with Crippen molar-refractivity contribution in [2.24, 2.45) is 0 Å². The number of carbonyl (C=O) groups excluding carboxylic acids is 2. The molecular weight excluding hydrogens is 254 g/mol. The standard InChI is InChI=1S/C12H23NO6/c1-13-11(14)3-5-17-9-10-19-12(15)4-6-18-8-7-16-2/h3-10H2,1-2H3,(H,13,14). The van der Waals surface area contributed by atoms with Gasteiger partial charge in [0, 0.05) is 20.6 Å². The maximum atomic E-state index is 11.2. The van der Waals surface area contributed by atoms with Crippen LogP contribution in [0.2, 0.25) is 0 Å². The lowest BCUT2D eigenvalue weighted by Crippen LogP contribution is -2.20. The predicted molar refractivity (Wildman–Crippen MR) is 67.8 cm³/mol. The van der Waals surface area contributed by atoms with Gasteiger partial charge in [0.05, 0.1) is 39.5 Å². The average molecular weight is 277 g/mol. The van der Waals surface area contributed by atoms with Crippen LogP contribution >= 0.6 is 0 Å². The molecule has 1 amide bonds. The number of nitrogens with one attached hydrogen (secondary N) is 1. The Hall–Kier alpha value is -1.18. The van der Waals surface area contributed by atoms with E-state index in [0.717, 1.165) is 0 Å². The third kappa shape index (κ3) is 13.1. The van der Waals surface area contributed by atoms with E-state index in [4.69, 9.17) is 18.9 Å². The van der Waals surface area contributed by atoms with Gasteiger partial charge in [0.2, 0.25) is 5.91 Å². The molecule has 0 aromatic rings. The van der Waals surface area contributed by atoms with Crippen LogP contribution in [0.15, 0.2) is 0 Å². The predicted octanol–water partition coefficient (Wildman–Crippen LogP) is -0.265. The molecule has 0 heterocycles. The van der Waals surface area contributed by atoms with Crippen molar-refractivity contribution in [1.82, 2.24) is 5.32 Å². The molecule has 0 aliphatic heterocycles. The van der Waals surface area contributed by atoms with E-state index in [1.807, 2.05) is 0 Å². The maximum absolute atomic E-state index is 11.2. The van der Waals surface area contributed by atoms with E-state index < -0.39 is 0 Å². The highest BCUT2D eigenvalue weighted by atomic mass is 16.6. The van der Waals surface area contributed by atoms with Crippen LogP contribution in [0.3, 0.4) is 0 Å². The molecule has 0 saturated heterocycles. The molecule has 0 aromatic carbocycles. The van der Waals surface area contributed by atoms with Crippen molar-refractivity contribution in [2.75, 3.05) is 53.8 Å². The lowest BCUT2D eigenvalue weighted by Gasteiger charge is -2.06. The van der Waals surface area contributed by atoms with Crippen molar-refractivity contribution in [3.63, 3.8) is 0 Å². The highest BCUT2D eigenvalue weighted by Gasteiger charge is 2.03. The van der Waals surface area contributed by atoms with Crippen LogP contribution in [0, 0.1) is 0 Å². The number of carbonyl (C=O) groups is 2. The molecule has 0 atom stereocenters. The summed E-state index contributed by atoms with van der Waals surface area (Å²) in [7, 11) is 3.15. The minimum absolute atomic E-state index is 0.0785.